The van der Waals surface area contributed by atoms with Crippen LogP contribution in [0.1, 0.15) is 38.1 Å². The Morgan fingerprint density at radius 2 is 1.83 bits per heavy atom. The first-order chi connectivity index (χ1) is 11.0. The summed E-state index contributed by atoms with van der Waals surface area (Å²) >= 11 is 3.24. The Hall–Kier alpha value is -2.09. The highest BCUT2D eigenvalue weighted by Crippen LogP contribution is 2.23. The van der Waals surface area contributed by atoms with Crippen LogP contribution in [0.4, 0.5) is 4.79 Å². The highest BCUT2D eigenvalue weighted by molar-refractivity contribution is 9.10. The van der Waals surface area contributed by atoms with Crippen LogP contribution >= 0.6 is 15.9 Å². The van der Waals surface area contributed by atoms with E-state index in [-0.39, 0.29) is 5.56 Å². The van der Waals surface area contributed by atoms with Gasteiger partial charge in [-0.3, -0.25) is 10.1 Å². The summed E-state index contributed by atoms with van der Waals surface area (Å²) in [6.07, 6.45) is -1.14. The number of carbonyl (C=O) groups is 3. The second-order valence-corrected chi connectivity index (χ2v) is 6.94. The molecule has 8 heteroatoms. The maximum absolute atomic E-state index is 12.2. The first-order valence-electron chi connectivity index (χ1n) is 7.21. The van der Waals surface area contributed by atoms with Crippen molar-refractivity contribution in [3.8, 4) is 5.75 Å². The summed E-state index contributed by atoms with van der Waals surface area (Å²) in [6, 6.07) is 4.15. The van der Waals surface area contributed by atoms with E-state index in [2.05, 4.69) is 26.6 Å². The number of urea groups is 1. The Balaban J connectivity index is 2.70. The molecule has 0 aliphatic carbocycles. The van der Waals surface area contributed by atoms with Crippen LogP contribution in [0, 0.1) is 0 Å². The average molecular weight is 401 g/mol. The fourth-order valence-corrected chi connectivity index (χ4v) is 2.06. The lowest BCUT2D eigenvalue weighted by Crippen LogP contribution is -2.50. The number of nitrogens with one attached hydrogen (secondary N) is 2. The molecule has 1 aromatic rings. The zero-order chi connectivity index (χ0) is 18.5. The van der Waals surface area contributed by atoms with Crippen LogP contribution in [0.25, 0.3) is 0 Å². The number of halogens is 1. The van der Waals surface area contributed by atoms with Crippen molar-refractivity contribution in [3.63, 3.8) is 0 Å². The molecule has 1 atom stereocenters. The van der Waals surface area contributed by atoms with Gasteiger partial charge >= 0.3 is 12.0 Å². The van der Waals surface area contributed by atoms with E-state index in [1.165, 1.54) is 20.1 Å². The molecule has 7 nitrogen and oxygen atoms in total. The zero-order valence-electron chi connectivity index (χ0n) is 14.2. The third-order valence-electron chi connectivity index (χ3n) is 2.77. The number of rotatable bonds is 4. The molecule has 1 unspecified atom stereocenters. The molecular formula is C16H21BrN2O5. The van der Waals surface area contributed by atoms with Crippen LogP contribution < -0.4 is 15.4 Å². The van der Waals surface area contributed by atoms with Gasteiger partial charge in [0.15, 0.2) is 6.10 Å². The van der Waals surface area contributed by atoms with Crippen molar-refractivity contribution < 1.29 is 23.9 Å². The van der Waals surface area contributed by atoms with Crippen molar-refractivity contribution in [1.82, 2.24) is 10.6 Å². The Kier molecular flexibility index (Phi) is 6.77. The van der Waals surface area contributed by atoms with Gasteiger partial charge in [0.2, 0.25) is 0 Å². The molecule has 2 N–H and O–H groups in total. The lowest BCUT2D eigenvalue weighted by molar-refractivity contribution is -0.127. The third-order valence-corrected chi connectivity index (χ3v) is 3.46. The minimum absolute atomic E-state index is 0.216. The number of hydrogen-bond acceptors (Lipinski definition) is 5. The zero-order valence-corrected chi connectivity index (χ0v) is 15.8. The molecule has 0 aliphatic heterocycles. The summed E-state index contributed by atoms with van der Waals surface area (Å²) in [6.45, 7) is 6.72. The monoisotopic (exact) mass is 400 g/mol. The van der Waals surface area contributed by atoms with Gasteiger partial charge in [-0.2, -0.15) is 0 Å². The Morgan fingerprint density at radius 1 is 1.21 bits per heavy atom. The quantitative estimate of drug-likeness (QED) is 0.757. The normalized spacial score (nSPS) is 12.1. The van der Waals surface area contributed by atoms with Gasteiger partial charge < -0.3 is 14.8 Å². The van der Waals surface area contributed by atoms with Crippen LogP contribution in [-0.4, -0.2) is 36.7 Å². The molecule has 0 spiro atoms. The standard InChI is InChI=1S/C16H21BrN2O5/c1-9(13(20)18-15(22)19-16(2,3)4)24-14(21)11-8-10(23-5)6-7-12(11)17/h6-9H,1-5H3,(H2,18,19,20,22). The summed E-state index contributed by atoms with van der Waals surface area (Å²) < 4.78 is 10.6. The molecule has 0 aromatic heterocycles. The fourth-order valence-electron chi connectivity index (χ4n) is 1.65. The van der Waals surface area contributed by atoms with Gasteiger partial charge in [-0.05, 0) is 61.8 Å². The van der Waals surface area contributed by atoms with E-state index < -0.39 is 29.6 Å². The largest absolute Gasteiger partial charge is 0.497 e. The number of methoxy groups -OCH3 is 1. The highest BCUT2D eigenvalue weighted by Gasteiger charge is 2.23. The topological polar surface area (TPSA) is 93.7 Å². The van der Waals surface area contributed by atoms with Crippen molar-refractivity contribution in [2.75, 3.05) is 7.11 Å². The van der Waals surface area contributed by atoms with E-state index in [1.807, 2.05) is 0 Å². The van der Waals surface area contributed by atoms with Gasteiger partial charge in [0.25, 0.3) is 5.91 Å². The van der Waals surface area contributed by atoms with Gasteiger partial charge in [0, 0.05) is 10.0 Å². The molecule has 0 saturated heterocycles. The summed E-state index contributed by atoms with van der Waals surface area (Å²) in [5.41, 5.74) is -0.274. The molecule has 3 amide bonds. The van der Waals surface area contributed by atoms with Gasteiger partial charge in [0.1, 0.15) is 5.75 Å². The van der Waals surface area contributed by atoms with Gasteiger partial charge in [-0.25, -0.2) is 9.59 Å². The Bertz CT molecular complexity index is 640. The molecule has 24 heavy (non-hydrogen) atoms. The maximum Gasteiger partial charge on any atom is 0.340 e. The predicted octanol–water partition coefficient (Wildman–Crippen LogP) is 2.63. The van der Waals surface area contributed by atoms with E-state index in [0.29, 0.717) is 10.2 Å². The molecule has 0 saturated carbocycles. The van der Waals surface area contributed by atoms with Crippen molar-refractivity contribution >= 4 is 33.8 Å². The van der Waals surface area contributed by atoms with E-state index >= 15 is 0 Å². The molecule has 1 rings (SSSR count). The van der Waals surface area contributed by atoms with E-state index in [4.69, 9.17) is 9.47 Å². The average Bonchev–Trinajstić information content (AvgIpc) is 2.45. The molecule has 0 aliphatic rings. The van der Waals surface area contributed by atoms with E-state index in [0.717, 1.165) is 0 Å². The number of carbonyl (C=O) groups excluding carboxylic acids is 3. The summed E-state index contributed by atoms with van der Waals surface area (Å²) in [4.78, 5) is 35.8. The molecule has 0 fully saturated rings. The predicted molar refractivity (Wildman–Crippen MR) is 92.0 cm³/mol. The number of esters is 1. The highest BCUT2D eigenvalue weighted by atomic mass is 79.9. The first-order valence-corrected chi connectivity index (χ1v) is 8.00. The molecule has 132 valence electrons. The van der Waals surface area contributed by atoms with Crippen molar-refractivity contribution in [2.24, 2.45) is 0 Å². The first kappa shape index (κ1) is 20.0. The van der Waals surface area contributed by atoms with Gasteiger partial charge in [0.05, 0.1) is 12.7 Å². The molecular weight excluding hydrogens is 380 g/mol. The molecule has 0 radical (unpaired) electrons. The summed E-state index contributed by atoms with van der Waals surface area (Å²) in [7, 11) is 1.47. The number of benzene rings is 1. The molecule has 1 aromatic carbocycles. The Labute approximate surface area is 149 Å². The second kappa shape index (κ2) is 8.14. The van der Waals surface area contributed by atoms with Crippen LogP contribution in [0.2, 0.25) is 0 Å². The number of amides is 3. The van der Waals surface area contributed by atoms with E-state index in [1.54, 1.807) is 32.9 Å². The lowest BCUT2D eigenvalue weighted by atomic mass is 10.1. The van der Waals surface area contributed by atoms with Crippen LogP contribution in [0.3, 0.4) is 0 Å². The smallest absolute Gasteiger partial charge is 0.340 e. The number of imide groups is 1. The summed E-state index contributed by atoms with van der Waals surface area (Å²) in [5, 5.41) is 4.71. The summed E-state index contributed by atoms with van der Waals surface area (Å²) in [5.74, 6) is -0.949. The van der Waals surface area contributed by atoms with Gasteiger partial charge in [-0.15, -0.1) is 0 Å². The minimum atomic E-state index is -1.14. The molecule has 0 bridgehead atoms. The Morgan fingerprint density at radius 3 is 2.38 bits per heavy atom. The second-order valence-electron chi connectivity index (χ2n) is 6.09. The van der Waals surface area contributed by atoms with E-state index in [9.17, 15) is 14.4 Å². The van der Waals surface area contributed by atoms with Crippen LogP contribution in [-0.2, 0) is 9.53 Å². The van der Waals surface area contributed by atoms with Crippen LogP contribution in [0.15, 0.2) is 22.7 Å². The lowest BCUT2D eigenvalue weighted by Gasteiger charge is -2.21. The third kappa shape index (κ3) is 6.19. The maximum atomic E-state index is 12.2. The van der Waals surface area contributed by atoms with Crippen molar-refractivity contribution in [3.05, 3.63) is 28.2 Å². The number of hydrogen-bond donors (Lipinski definition) is 2. The number of ether oxygens (including phenoxy) is 2. The van der Waals surface area contributed by atoms with Crippen molar-refractivity contribution in [2.45, 2.75) is 39.3 Å². The van der Waals surface area contributed by atoms with Gasteiger partial charge in [-0.1, -0.05) is 0 Å². The molecule has 0 heterocycles. The fraction of sp³-hybridized carbons (Fsp3) is 0.438. The minimum Gasteiger partial charge on any atom is -0.497 e. The SMILES string of the molecule is COc1ccc(Br)c(C(=O)OC(C)C(=O)NC(=O)NC(C)(C)C)c1. The van der Waals surface area contributed by atoms with Crippen molar-refractivity contribution in [1.29, 1.82) is 0 Å². The van der Waals surface area contributed by atoms with Crippen LogP contribution in [0.5, 0.6) is 5.75 Å².